The fourth-order valence-corrected chi connectivity index (χ4v) is 3.05. The molecule has 3 rings (SSSR count). The Morgan fingerprint density at radius 3 is 2.56 bits per heavy atom. The lowest BCUT2D eigenvalue weighted by molar-refractivity contribution is 0.0738. The summed E-state index contributed by atoms with van der Waals surface area (Å²) in [6, 6.07) is 10.3. The van der Waals surface area contributed by atoms with Gasteiger partial charge in [-0.3, -0.25) is 4.79 Å². The summed E-state index contributed by atoms with van der Waals surface area (Å²) >= 11 is 3.31. The largest absolute Gasteiger partial charge is 0.332 e. The lowest BCUT2D eigenvalue weighted by Gasteiger charge is -2.19. The van der Waals surface area contributed by atoms with E-state index in [1.54, 1.807) is 38.1 Å². The van der Waals surface area contributed by atoms with E-state index in [4.69, 9.17) is 0 Å². The minimum absolute atomic E-state index is 0.00841. The van der Waals surface area contributed by atoms with Crippen LogP contribution in [-0.4, -0.2) is 32.1 Å². The van der Waals surface area contributed by atoms with Crippen molar-refractivity contribution in [3.05, 3.63) is 75.8 Å². The second kappa shape index (κ2) is 7.96. The van der Waals surface area contributed by atoms with E-state index in [0.717, 1.165) is 4.47 Å². The zero-order valence-electron chi connectivity index (χ0n) is 14.8. The van der Waals surface area contributed by atoms with Crippen molar-refractivity contribution in [2.75, 3.05) is 6.54 Å². The van der Waals surface area contributed by atoms with Gasteiger partial charge in [-0.15, -0.1) is 5.10 Å². The summed E-state index contributed by atoms with van der Waals surface area (Å²) in [6.45, 7) is 3.98. The van der Waals surface area contributed by atoms with E-state index in [9.17, 15) is 13.6 Å². The summed E-state index contributed by atoms with van der Waals surface area (Å²) in [5.41, 5.74) is 0.996. The first-order chi connectivity index (χ1) is 12.9. The molecule has 140 valence electrons. The summed E-state index contributed by atoms with van der Waals surface area (Å²) in [7, 11) is 0. The highest BCUT2D eigenvalue weighted by atomic mass is 79.9. The van der Waals surface area contributed by atoms with Crippen LogP contribution in [-0.2, 0) is 6.54 Å². The average molecular weight is 435 g/mol. The number of rotatable bonds is 5. The molecule has 0 fully saturated rings. The van der Waals surface area contributed by atoms with Crippen LogP contribution in [0.1, 0.15) is 28.9 Å². The molecule has 0 aliphatic carbocycles. The summed E-state index contributed by atoms with van der Waals surface area (Å²) in [6.07, 6.45) is 0. The highest BCUT2D eigenvalue weighted by molar-refractivity contribution is 9.10. The lowest BCUT2D eigenvalue weighted by Crippen LogP contribution is -2.31. The third-order valence-electron chi connectivity index (χ3n) is 4.07. The number of halogens is 3. The van der Waals surface area contributed by atoms with Crippen molar-refractivity contribution in [2.24, 2.45) is 0 Å². The first-order valence-corrected chi connectivity index (χ1v) is 9.11. The van der Waals surface area contributed by atoms with Crippen molar-refractivity contribution in [1.82, 2.24) is 19.7 Å². The number of amides is 1. The Bertz CT molecular complexity index is 972. The number of carbonyl (C=O) groups is 1. The third kappa shape index (κ3) is 4.21. The van der Waals surface area contributed by atoms with E-state index in [0.29, 0.717) is 23.6 Å². The molecule has 0 saturated carbocycles. The van der Waals surface area contributed by atoms with Crippen molar-refractivity contribution in [2.45, 2.75) is 20.4 Å². The van der Waals surface area contributed by atoms with Gasteiger partial charge >= 0.3 is 0 Å². The minimum Gasteiger partial charge on any atom is -0.332 e. The zero-order chi connectivity index (χ0) is 19.6. The van der Waals surface area contributed by atoms with E-state index in [1.807, 2.05) is 0 Å². The number of carbonyl (C=O) groups excluding carboxylic acids is 1. The second-order valence-corrected chi connectivity index (χ2v) is 6.84. The Labute approximate surface area is 163 Å². The van der Waals surface area contributed by atoms with Crippen LogP contribution >= 0.6 is 15.9 Å². The first kappa shape index (κ1) is 19.2. The summed E-state index contributed by atoms with van der Waals surface area (Å²) in [4.78, 5) is 18.5. The second-order valence-electron chi connectivity index (χ2n) is 5.93. The van der Waals surface area contributed by atoms with E-state index >= 15 is 0 Å². The van der Waals surface area contributed by atoms with E-state index in [2.05, 4.69) is 26.0 Å². The van der Waals surface area contributed by atoms with Crippen molar-refractivity contribution < 1.29 is 13.6 Å². The maximum absolute atomic E-state index is 14.0. The molecule has 2 aromatic carbocycles. The molecular weight excluding hydrogens is 418 g/mol. The smallest absolute Gasteiger partial charge is 0.293 e. The van der Waals surface area contributed by atoms with Crippen molar-refractivity contribution >= 4 is 21.8 Å². The predicted molar refractivity (Wildman–Crippen MR) is 101 cm³/mol. The molecule has 3 aromatic rings. The van der Waals surface area contributed by atoms with Gasteiger partial charge in [0.05, 0.1) is 5.69 Å². The molecule has 8 heteroatoms. The molecule has 0 saturated heterocycles. The summed E-state index contributed by atoms with van der Waals surface area (Å²) in [5.74, 6) is -0.643. The SMILES string of the molecule is CCN(Cc1cc(Br)ccc1F)C(=O)c1nc(C)n(-c2ccc(F)cc2)n1. The van der Waals surface area contributed by atoms with Crippen LogP contribution in [0.5, 0.6) is 0 Å². The molecule has 0 aliphatic rings. The van der Waals surface area contributed by atoms with Gasteiger partial charge in [0.25, 0.3) is 5.91 Å². The molecule has 1 amide bonds. The van der Waals surface area contributed by atoms with Gasteiger partial charge in [-0.25, -0.2) is 18.4 Å². The van der Waals surface area contributed by atoms with E-state index < -0.39 is 5.91 Å². The van der Waals surface area contributed by atoms with Crippen LogP contribution in [0.25, 0.3) is 5.69 Å². The van der Waals surface area contributed by atoms with Gasteiger partial charge in [-0.05, 0) is 56.3 Å². The standard InChI is InChI=1S/C19H17BrF2N4O/c1-3-25(11-13-10-14(20)4-9-17(13)22)19(27)18-23-12(2)26(24-18)16-7-5-15(21)6-8-16/h4-10H,3,11H2,1-2H3. The molecule has 0 spiro atoms. The minimum atomic E-state index is -0.402. The Kier molecular flexibility index (Phi) is 5.65. The molecule has 27 heavy (non-hydrogen) atoms. The van der Waals surface area contributed by atoms with Crippen molar-refractivity contribution in [3.63, 3.8) is 0 Å². The van der Waals surface area contributed by atoms with Crippen LogP contribution < -0.4 is 0 Å². The lowest BCUT2D eigenvalue weighted by atomic mass is 10.2. The van der Waals surface area contributed by atoms with Crippen LogP contribution in [0.15, 0.2) is 46.9 Å². The zero-order valence-corrected chi connectivity index (χ0v) is 16.4. The van der Waals surface area contributed by atoms with E-state index in [1.165, 1.54) is 27.8 Å². The highest BCUT2D eigenvalue weighted by Gasteiger charge is 2.22. The topological polar surface area (TPSA) is 51.0 Å². The third-order valence-corrected chi connectivity index (χ3v) is 4.56. The monoisotopic (exact) mass is 434 g/mol. The molecule has 5 nitrogen and oxygen atoms in total. The number of benzene rings is 2. The Balaban J connectivity index is 1.86. The fourth-order valence-electron chi connectivity index (χ4n) is 2.65. The molecule has 0 N–H and O–H groups in total. The molecule has 0 bridgehead atoms. The summed E-state index contributed by atoms with van der Waals surface area (Å²) < 4.78 is 29.4. The molecule has 1 heterocycles. The Morgan fingerprint density at radius 2 is 1.89 bits per heavy atom. The fraction of sp³-hybridized carbons (Fsp3) is 0.211. The Morgan fingerprint density at radius 1 is 1.19 bits per heavy atom. The molecule has 0 atom stereocenters. The van der Waals surface area contributed by atoms with Gasteiger partial charge in [0, 0.05) is 23.1 Å². The average Bonchev–Trinajstić information content (AvgIpc) is 3.04. The van der Waals surface area contributed by atoms with Gasteiger partial charge in [0.1, 0.15) is 17.5 Å². The van der Waals surface area contributed by atoms with Gasteiger partial charge in [-0.1, -0.05) is 15.9 Å². The van der Waals surface area contributed by atoms with Crippen LogP contribution in [0.4, 0.5) is 8.78 Å². The van der Waals surface area contributed by atoms with Gasteiger partial charge in [0.2, 0.25) is 5.82 Å². The van der Waals surface area contributed by atoms with Crippen molar-refractivity contribution in [1.29, 1.82) is 0 Å². The van der Waals surface area contributed by atoms with Crippen LogP contribution in [0, 0.1) is 18.6 Å². The molecule has 1 aromatic heterocycles. The molecular formula is C19H17BrF2N4O. The maximum atomic E-state index is 14.0. The number of aryl methyl sites for hydroxylation is 1. The van der Waals surface area contributed by atoms with Crippen LogP contribution in [0.2, 0.25) is 0 Å². The molecule has 0 aliphatic heterocycles. The number of hydrogen-bond donors (Lipinski definition) is 0. The quantitative estimate of drug-likeness (QED) is 0.602. The number of hydrogen-bond acceptors (Lipinski definition) is 3. The van der Waals surface area contributed by atoms with Crippen molar-refractivity contribution in [3.8, 4) is 5.69 Å². The maximum Gasteiger partial charge on any atom is 0.293 e. The van der Waals surface area contributed by atoms with Crippen LogP contribution in [0.3, 0.4) is 0 Å². The molecule has 0 unspecified atom stereocenters. The highest BCUT2D eigenvalue weighted by Crippen LogP contribution is 2.18. The predicted octanol–water partition coefficient (Wildman–Crippen LogP) is 4.28. The number of aromatic nitrogens is 3. The normalized spacial score (nSPS) is 10.9. The molecule has 0 radical (unpaired) electrons. The summed E-state index contributed by atoms with van der Waals surface area (Å²) in [5, 5.41) is 4.25. The van der Waals surface area contributed by atoms with E-state index in [-0.39, 0.29) is 24.0 Å². The number of nitrogens with zero attached hydrogens (tertiary/aromatic N) is 4. The van der Waals surface area contributed by atoms with Gasteiger partial charge in [0.15, 0.2) is 0 Å². The first-order valence-electron chi connectivity index (χ1n) is 8.32. The van der Waals surface area contributed by atoms with Gasteiger partial charge in [-0.2, -0.15) is 0 Å². The van der Waals surface area contributed by atoms with Gasteiger partial charge < -0.3 is 4.90 Å². The Hall–Kier alpha value is -2.61.